The first-order chi connectivity index (χ1) is 13.2. The molecular formula is C23H32ClFO2. The fraction of sp³-hybridized carbons (Fsp3) is 0.739. The molecule has 1 saturated heterocycles. The molecule has 0 N–H and O–H groups in total. The SMILES string of the molecule is Fc1ccc(C2CCC([C@H]3CC[C@H](CCC4OCCO4)CC3)CC2)cc1Cl. The molecule has 0 radical (unpaired) electrons. The zero-order chi connectivity index (χ0) is 18.6. The van der Waals surface area contributed by atoms with Crippen LogP contribution in [-0.2, 0) is 9.47 Å². The Balaban J connectivity index is 1.19. The van der Waals surface area contributed by atoms with Gasteiger partial charge < -0.3 is 9.47 Å². The van der Waals surface area contributed by atoms with E-state index in [4.69, 9.17) is 21.1 Å². The van der Waals surface area contributed by atoms with Crippen molar-refractivity contribution >= 4 is 11.6 Å². The average molecular weight is 395 g/mol. The van der Waals surface area contributed by atoms with Gasteiger partial charge in [-0.2, -0.15) is 0 Å². The van der Waals surface area contributed by atoms with Gasteiger partial charge in [0, 0.05) is 0 Å². The van der Waals surface area contributed by atoms with Gasteiger partial charge in [0.2, 0.25) is 0 Å². The molecule has 2 aliphatic carbocycles. The minimum absolute atomic E-state index is 0.0676. The number of benzene rings is 1. The number of hydrogen-bond donors (Lipinski definition) is 0. The second-order valence-electron chi connectivity index (χ2n) is 8.81. The predicted molar refractivity (Wildman–Crippen MR) is 106 cm³/mol. The third-order valence-electron chi connectivity index (χ3n) is 7.25. The molecule has 1 aliphatic heterocycles. The molecule has 0 bridgehead atoms. The summed E-state index contributed by atoms with van der Waals surface area (Å²) in [6.45, 7) is 1.54. The summed E-state index contributed by atoms with van der Waals surface area (Å²) in [6, 6.07) is 5.28. The van der Waals surface area contributed by atoms with Crippen LogP contribution in [0.2, 0.25) is 5.02 Å². The van der Waals surface area contributed by atoms with E-state index in [-0.39, 0.29) is 17.1 Å². The Hall–Kier alpha value is -0.640. The Labute approximate surface area is 167 Å². The molecule has 3 aliphatic rings. The molecule has 1 heterocycles. The molecule has 1 aromatic carbocycles. The van der Waals surface area contributed by atoms with Gasteiger partial charge >= 0.3 is 0 Å². The van der Waals surface area contributed by atoms with E-state index < -0.39 is 0 Å². The van der Waals surface area contributed by atoms with Gasteiger partial charge in [-0.3, -0.25) is 0 Å². The maximum Gasteiger partial charge on any atom is 0.157 e. The van der Waals surface area contributed by atoms with Crippen LogP contribution < -0.4 is 0 Å². The van der Waals surface area contributed by atoms with Crippen LogP contribution in [0.5, 0.6) is 0 Å². The molecule has 27 heavy (non-hydrogen) atoms. The van der Waals surface area contributed by atoms with E-state index in [1.165, 1.54) is 69.4 Å². The fourth-order valence-electron chi connectivity index (χ4n) is 5.58. The van der Waals surface area contributed by atoms with E-state index in [1.54, 1.807) is 0 Å². The third-order valence-corrected chi connectivity index (χ3v) is 7.54. The van der Waals surface area contributed by atoms with Crippen LogP contribution >= 0.6 is 11.6 Å². The topological polar surface area (TPSA) is 18.5 Å². The highest BCUT2D eigenvalue weighted by molar-refractivity contribution is 6.30. The summed E-state index contributed by atoms with van der Waals surface area (Å²) < 4.78 is 24.5. The maximum absolute atomic E-state index is 13.4. The molecule has 3 fully saturated rings. The maximum atomic E-state index is 13.4. The van der Waals surface area contributed by atoms with Crippen molar-refractivity contribution in [3.05, 3.63) is 34.6 Å². The van der Waals surface area contributed by atoms with Gasteiger partial charge in [-0.1, -0.05) is 30.5 Å². The highest BCUT2D eigenvalue weighted by Crippen LogP contribution is 2.44. The van der Waals surface area contributed by atoms with Crippen molar-refractivity contribution in [2.45, 2.75) is 76.4 Å². The molecule has 1 aromatic rings. The van der Waals surface area contributed by atoms with E-state index in [0.29, 0.717) is 5.92 Å². The van der Waals surface area contributed by atoms with E-state index in [2.05, 4.69) is 0 Å². The van der Waals surface area contributed by atoms with Gasteiger partial charge in [-0.25, -0.2) is 4.39 Å². The Kier molecular flexibility index (Phi) is 6.73. The molecule has 0 unspecified atom stereocenters. The highest BCUT2D eigenvalue weighted by Gasteiger charge is 2.31. The van der Waals surface area contributed by atoms with Gasteiger partial charge in [0.15, 0.2) is 6.29 Å². The minimum atomic E-state index is -0.308. The molecular weight excluding hydrogens is 363 g/mol. The van der Waals surface area contributed by atoms with E-state index >= 15 is 0 Å². The number of rotatable bonds is 5. The zero-order valence-electron chi connectivity index (χ0n) is 16.2. The first-order valence-corrected chi connectivity index (χ1v) is 11.2. The van der Waals surface area contributed by atoms with Gasteiger partial charge in [0.1, 0.15) is 5.82 Å². The Morgan fingerprint density at radius 3 is 2.11 bits per heavy atom. The normalized spacial score (nSPS) is 32.7. The molecule has 0 atom stereocenters. The average Bonchev–Trinajstić information content (AvgIpc) is 3.23. The first kappa shape index (κ1) is 19.7. The zero-order valence-corrected chi connectivity index (χ0v) is 16.9. The van der Waals surface area contributed by atoms with Crippen molar-refractivity contribution in [3.8, 4) is 0 Å². The van der Waals surface area contributed by atoms with Crippen molar-refractivity contribution in [3.63, 3.8) is 0 Å². The fourth-order valence-corrected chi connectivity index (χ4v) is 5.77. The largest absolute Gasteiger partial charge is 0.350 e. The van der Waals surface area contributed by atoms with Crippen molar-refractivity contribution in [1.82, 2.24) is 0 Å². The molecule has 150 valence electrons. The van der Waals surface area contributed by atoms with Crippen molar-refractivity contribution in [1.29, 1.82) is 0 Å². The molecule has 0 spiro atoms. The van der Waals surface area contributed by atoms with Crippen LogP contribution in [0.3, 0.4) is 0 Å². The molecule has 0 aromatic heterocycles. The van der Waals surface area contributed by atoms with Crippen molar-refractivity contribution in [2.24, 2.45) is 17.8 Å². The smallest absolute Gasteiger partial charge is 0.157 e. The lowest BCUT2D eigenvalue weighted by molar-refractivity contribution is -0.0514. The van der Waals surface area contributed by atoms with Crippen LogP contribution in [0.4, 0.5) is 4.39 Å². The summed E-state index contributed by atoms with van der Waals surface area (Å²) in [5, 5.41) is 0.265. The van der Waals surface area contributed by atoms with Crippen LogP contribution in [0.15, 0.2) is 18.2 Å². The molecule has 4 heteroatoms. The van der Waals surface area contributed by atoms with Crippen molar-refractivity contribution in [2.75, 3.05) is 13.2 Å². The summed E-state index contributed by atoms with van der Waals surface area (Å²) in [4.78, 5) is 0. The predicted octanol–water partition coefficient (Wildman–Crippen LogP) is 6.71. The second-order valence-corrected chi connectivity index (χ2v) is 9.22. The standard InChI is InChI=1S/C23H32ClFO2/c24-21-15-20(10-11-22(21)25)19-8-6-18(7-9-19)17-4-1-16(2-5-17)3-12-23-26-13-14-27-23/h10-11,15-19,23H,1-9,12-14H2/t16-,17-,18?,19?. The first-order valence-electron chi connectivity index (χ1n) is 10.9. The summed E-state index contributed by atoms with van der Waals surface area (Å²) in [6.07, 6.45) is 13.0. The van der Waals surface area contributed by atoms with Gasteiger partial charge in [-0.05, 0) is 92.7 Å². The quantitative estimate of drug-likeness (QED) is 0.552. The summed E-state index contributed by atoms with van der Waals surface area (Å²) in [5.74, 6) is 2.92. The minimum Gasteiger partial charge on any atom is -0.350 e. The second kappa shape index (κ2) is 9.24. The van der Waals surface area contributed by atoms with Crippen LogP contribution in [0.25, 0.3) is 0 Å². The lowest BCUT2D eigenvalue weighted by Gasteiger charge is -2.38. The Bertz CT molecular complexity index is 600. The van der Waals surface area contributed by atoms with Crippen LogP contribution in [0.1, 0.15) is 75.7 Å². The lowest BCUT2D eigenvalue weighted by Crippen LogP contribution is -2.25. The monoisotopic (exact) mass is 394 g/mol. The van der Waals surface area contributed by atoms with Gasteiger partial charge in [-0.15, -0.1) is 0 Å². The van der Waals surface area contributed by atoms with Crippen LogP contribution in [0, 0.1) is 23.6 Å². The lowest BCUT2D eigenvalue weighted by atomic mass is 9.68. The highest BCUT2D eigenvalue weighted by atomic mass is 35.5. The van der Waals surface area contributed by atoms with E-state index in [9.17, 15) is 4.39 Å². The molecule has 0 amide bonds. The summed E-state index contributed by atoms with van der Waals surface area (Å²) in [5.41, 5.74) is 1.22. The Morgan fingerprint density at radius 2 is 1.48 bits per heavy atom. The summed E-state index contributed by atoms with van der Waals surface area (Å²) >= 11 is 5.97. The Morgan fingerprint density at radius 1 is 0.852 bits per heavy atom. The third kappa shape index (κ3) is 5.05. The van der Waals surface area contributed by atoms with E-state index in [0.717, 1.165) is 37.4 Å². The van der Waals surface area contributed by atoms with Gasteiger partial charge in [0.25, 0.3) is 0 Å². The summed E-state index contributed by atoms with van der Waals surface area (Å²) in [7, 11) is 0. The number of hydrogen-bond acceptors (Lipinski definition) is 2. The van der Waals surface area contributed by atoms with Crippen LogP contribution in [-0.4, -0.2) is 19.5 Å². The molecule has 2 saturated carbocycles. The number of halogens is 2. The number of ether oxygens (including phenoxy) is 2. The van der Waals surface area contributed by atoms with Crippen molar-refractivity contribution < 1.29 is 13.9 Å². The van der Waals surface area contributed by atoms with Gasteiger partial charge in [0.05, 0.1) is 18.2 Å². The van der Waals surface area contributed by atoms with E-state index in [1.807, 2.05) is 12.1 Å². The molecule has 4 rings (SSSR count). The molecule has 2 nitrogen and oxygen atoms in total.